The zero-order valence-electron chi connectivity index (χ0n) is 7.80. The van der Waals surface area contributed by atoms with Crippen LogP contribution in [0.4, 0.5) is 0 Å². The Hall–Kier alpha value is -1.67. The maximum Gasteiger partial charge on any atom is 0.337 e. The summed E-state index contributed by atoms with van der Waals surface area (Å²) in [6.07, 6.45) is -1.16. The number of aliphatic hydroxyl groups is 1. The lowest BCUT2D eigenvalue weighted by molar-refractivity contribution is -0.177. The minimum Gasteiger partial charge on any atom is -0.481 e. The molecule has 8 nitrogen and oxygen atoms in total. The largest absolute Gasteiger partial charge is 0.481 e. The molecular weight excluding hydrogens is 212 g/mol. The maximum atomic E-state index is 10.5. The first-order valence-corrected chi connectivity index (χ1v) is 3.62. The van der Waals surface area contributed by atoms with Gasteiger partial charge in [-0.25, -0.2) is 4.79 Å². The number of carbonyl (C=O) groups is 3. The highest BCUT2D eigenvalue weighted by Crippen LogP contribution is 2.22. The van der Waals surface area contributed by atoms with Crippen molar-refractivity contribution in [3.63, 3.8) is 0 Å². The van der Waals surface area contributed by atoms with Crippen LogP contribution in [0.3, 0.4) is 0 Å². The highest BCUT2D eigenvalue weighted by Gasteiger charge is 2.47. The average Bonchev–Trinajstić information content (AvgIpc) is 2.00. The number of aliphatic carboxylic acids is 3. The SMILES string of the molecule is CC(C(=O)O)C(O)(CC(=O)O)C(=O)O.O. The second kappa shape index (κ2) is 5.27. The van der Waals surface area contributed by atoms with Gasteiger partial charge in [0, 0.05) is 0 Å². The van der Waals surface area contributed by atoms with Crippen LogP contribution in [0.25, 0.3) is 0 Å². The molecule has 0 heterocycles. The van der Waals surface area contributed by atoms with Crippen molar-refractivity contribution >= 4 is 17.9 Å². The van der Waals surface area contributed by atoms with E-state index in [4.69, 9.17) is 15.3 Å². The minimum atomic E-state index is -2.78. The van der Waals surface area contributed by atoms with Gasteiger partial charge in [0.1, 0.15) is 0 Å². The van der Waals surface area contributed by atoms with E-state index in [0.717, 1.165) is 6.92 Å². The molecule has 15 heavy (non-hydrogen) atoms. The zero-order chi connectivity index (χ0) is 11.5. The van der Waals surface area contributed by atoms with Crippen molar-refractivity contribution in [1.29, 1.82) is 0 Å². The predicted octanol–water partition coefficient (Wildman–Crippen LogP) is -1.83. The Bertz CT molecular complexity index is 272. The van der Waals surface area contributed by atoms with E-state index in [2.05, 4.69) is 0 Å². The molecule has 0 aromatic carbocycles. The summed E-state index contributed by atoms with van der Waals surface area (Å²) in [6, 6.07) is 0. The van der Waals surface area contributed by atoms with Crippen LogP contribution >= 0.6 is 0 Å². The van der Waals surface area contributed by atoms with Crippen LogP contribution in [0.2, 0.25) is 0 Å². The van der Waals surface area contributed by atoms with Gasteiger partial charge in [0.2, 0.25) is 0 Å². The molecule has 0 radical (unpaired) electrons. The second-order valence-electron chi connectivity index (χ2n) is 2.86. The lowest BCUT2D eigenvalue weighted by Gasteiger charge is -2.25. The molecule has 0 rings (SSSR count). The van der Waals surface area contributed by atoms with Crippen LogP contribution in [0.15, 0.2) is 0 Å². The second-order valence-corrected chi connectivity index (χ2v) is 2.86. The van der Waals surface area contributed by atoms with Gasteiger partial charge in [0.25, 0.3) is 0 Å². The normalized spacial score (nSPS) is 15.6. The smallest absolute Gasteiger partial charge is 0.337 e. The first-order valence-electron chi connectivity index (χ1n) is 3.62. The third kappa shape index (κ3) is 3.52. The Morgan fingerprint density at radius 3 is 1.80 bits per heavy atom. The van der Waals surface area contributed by atoms with Crippen molar-refractivity contribution in [2.24, 2.45) is 5.92 Å². The molecule has 2 unspecified atom stereocenters. The molecule has 0 aliphatic heterocycles. The first kappa shape index (κ1) is 15.8. The molecule has 8 heteroatoms. The highest BCUT2D eigenvalue weighted by molar-refractivity contribution is 5.89. The fraction of sp³-hybridized carbons (Fsp3) is 0.571. The highest BCUT2D eigenvalue weighted by atomic mass is 16.4. The number of rotatable bonds is 5. The van der Waals surface area contributed by atoms with Gasteiger partial charge in [-0.3, -0.25) is 9.59 Å². The zero-order valence-corrected chi connectivity index (χ0v) is 7.80. The van der Waals surface area contributed by atoms with Crippen molar-refractivity contribution < 1.29 is 40.3 Å². The molecule has 0 aromatic rings. The van der Waals surface area contributed by atoms with E-state index in [0.29, 0.717) is 0 Å². The summed E-state index contributed by atoms with van der Waals surface area (Å²) in [5.74, 6) is -6.72. The van der Waals surface area contributed by atoms with Crippen molar-refractivity contribution in [1.82, 2.24) is 0 Å². The van der Waals surface area contributed by atoms with Crippen LogP contribution in [-0.4, -0.2) is 49.4 Å². The Labute approximate surface area is 84.1 Å². The van der Waals surface area contributed by atoms with Gasteiger partial charge in [0.15, 0.2) is 5.60 Å². The Morgan fingerprint density at radius 1 is 1.20 bits per heavy atom. The number of carboxylic acids is 3. The van der Waals surface area contributed by atoms with Crippen LogP contribution in [0.1, 0.15) is 13.3 Å². The lowest BCUT2D eigenvalue weighted by Crippen LogP contribution is -2.49. The van der Waals surface area contributed by atoms with E-state index < -0.39 is 35.8 Å². The van der Waals surface area contributed by atoms with Gasteiger partial charge in [-0.15, -0.1) is 0 Å². The van der Waals surface area contributed by atoms with Gasteiger partial charge in [-0.1, -0.05) is 0 Å². The predicted molar refractivity (Wildman–Crippen MR) is 45.3 cm³/mol. The Balaban J connectivity index is 0. The molecule has 0 spiro atoms. The molecule has 0 aliphatic carbocycles. The van der Waals surface area contributed by atoms with Crippen molar-refractivity contribution in [2.75, 3.05) is 0 Å². The Kier molecular flexibility index (Phi) is 5.55. The summed E-state index contributed by atoms with van der Waals surface area (Å²) in [6.45, 7) is 0.930. The van der Waals surface area contributed by atoms with Crippen molar-refractivity contribution in [2.45, 2.75) is 18.9 Å². The van der Waals surface area contributed by atoms with Gasteiger partial charge < -0.3 is 25.9 Å². The van der Waals surface area contributed by atoms with Crippen LogP contribution in [0.5, 0.6) is 0 Å². The fourth-order valence-corrected chi connectivity index (χ4v) is 0.849. The molecular formula is C7H12O8. The van der Waals surface area contributed by atoms with Crippen molar-refractivity contribution in [3.8, 4) is 0 Å². The maximum absolute atomic E-state index is 10.5. The number of carboxylic acid groups (broad SMARTS) is 3. The summed E-state index contributed by atoms with van der Waals surface area (Å²) in [4.78, 5) is 31.2. The van der Waals surface area contributed by atoms with Gasteiger partial charge >= 0.3 is 17.9 Å². The number of hydrogen-bond acceptors (Lipinski definition) is 4. The van der Waals surface area contributed by atoms with Crippen LogP contribution in [-0.2, 0) is 14.4 Å². The monoisotopic (exact) mass is 224 g/mol. The van der Waals surface area contributed by atoms with Crippen molar-refractivity contribution in [3.05, 3.63) is 0 Å². The quantitative estimate of drug-likeness (QED) is 0.426. The number of hydrogen-bond donors (Lipinski definition) is 4. The van der Waals surface area contributed by atoms with Gasteiger partial charge in [0.05, 0.1) is 12.3 Å². The summed E-state index contributed by atoms with van der Waals surface area (Å²) in [7, 11) is 0. The van der Waals surface area contributed by atoms with E-state index in [1.165, 1.54) is 0 Å². The van der Waals surface area contributed by atoms with E-state index in [9.17, 15) is 19.5 Å². The molecule has 0 aromatic heterocycles. The molecule has 0 saturated carbocycles. The lowest BCUT2D eigenvalue weighted by atomic mass is 9.86. The minimum absolute atomic E-state index is 0. The topological polar surface area (TPSA) is 164 Å². The van der Waals surface area contributed by atoms with Crippen LogP contribution in [0, 0.1) is 5.92 Å². The van der Waals surface area contributed by atoms with Gasteiger partial charge in [-0.05, 0) is 6.92 Å². The van der Waals surface area contributed by atoms with E-state index in [-0.39, 0.29) is 5.48 Å². The molecule has 0 amide bonds. The van der Waals surface area contributed by atoms with E-state index in [1.807, 2.05) is 0 Å². The third-order valence-corrected chi connectivity index (χ3v) is 1.88. The molecule has 88 valence electrons. The average molecular weight is 224 g/mol. The van der Waals surface area contributed by atoms with Crippen LogP contribution < -0.4 is 0 Å². The molecule has 0 saturated heterocycles. The summed E-state index contributed by atoms with van der Waals surface area (Å²) in [5, 5.41) is 34.6. The molecule has 0 fully saturated rings. The summed E-state index contributed by atoms with van der Waals surface area (Å²) >= 11 is 0. The molecule has 6 N–H and O–H groups in total. The molecule has 0 bridgehead atoms. The summed E-state index contributed by atoms with van der Waals surface area (Å²) < 4.78 is 0. The first-order chi connectivity index (χ1) is 6.21. The molecule has 0 aliphatic rings. The third-order valence-electron chi connectivity index (χ3n) is 1.88. The Morgan fingerprint density at radius 2 is 1.60 bits per heavy atom. The molecule has 2 atom stereocenters. The fourth-order valence-electron chi connectivity index (χ4n) is 0.849. The standard InChI is InChI=1S/C7H10O7.H2O/c1-3(5(10)11)7(14,6(12)13)2-4(8)9;/h3,14H,2H2,1H3,(H,8,9)(H,10,11)(H,12,13);1H2. The summed E-state index contributed by atoms with van der Waals surface area (Å²) in [5.41, 5.74) is -2.78. The van der Waals surface area contributed by atoms with Gasteiger partial charge in [-0.2, -0.15) is 0 Å². The van der Waals surface area contributed by atoms with E-state index >= 15 is 0 Å². The van der Waals surface area contributed by atoms with E-state index in [1.54, 1.807) is 0 Å².